The summed E-state index contributed by atoms with van der Waals surface area (Å²) >= 11 is 1.59. The van der Waals surface area contributed by atoms with Crippen LogP contribution in [0, 0.1) is 6.92 Å². The minimum atomic E-state index is -0.324. The molecule has 22 heavy (non-hydrogen) atoms. The number of carbonyl (C=O) groups excluding carboxylic acids is 1. The van der Waals surface area contributed by atoms with Gasteiger partial charge in [0.15, 0.2) is 5.17 Å². The molecule has 2 aliphatic heterocycles. The van der Waals surface area contributed by atoms with Gasteiger partial charge in [-0.05, 0) is 31.7 Å². The third-order valence-electron chi connectivity index (χ3n) is 3.90. The first-order valence-electron chi connectivity index (χ1n) is 7.10. The summed E-state index contributed by atoms with van der Waals surface area (Å²) in [4.78, 5) is 19.0. The van der Waals surface area contributed by atoms with E-state index >= 15 is 0 Å². The van der Waals surface area contributed by atoms with E-state index in [0.29, 0.717) is 5.57 Å². The summed E-state index contributed by atoms with van der Waals surface area (Å²) in [6.07, 6.45) is 0. The van der Waals surface area contributed by atoms with Crippen LogP contribution in [-0.4, -0.2) is 23.1 Å². The molecule has 3 rings (SSSR count). The maximum atomic E-state index is 12.3. The molecule has 0 bridgehead atoms. The normalized spacial score (nSPS) is 20.5. The molecule has 1 unspecified atom stereocenters. The predicted molar refractivity (Wildman–Crippen MR) is 89.3 cm³/mol. The fourth-order valence-electron chi connectivity index (χ4n) is 2.76. The lowest BCUT2D eigenvalue weighted by molar-refractivity contribution is -0.136. The number of hydrogen-bond acceptors (Lipinski definition) is 5. The van der Waals surface area contributed by atoms with Crippen molar-refractivity contribution < 1.29 is 9.53 Å². The van der Waals surface area contributed by atoms with E-state index in [1.54, 1.807) is 11.8 Å². The Morgan fingerprint density at radius 3 is 2.55 bits per heavy atom. The highest BCUT2D eigenvalue weighted by Crippen LogP contribution is 2.43. The van der Waals surface area contributed by atoms with Gasteiger partial charge in [0.1, 0.15) is 0 Å². The van der Waals surface area contributed by atoms with Gasteiger partial charge in [-0.2, -0.15) is 0 Å². The van der Waals surface area contributed by atoms with Gasteiger partial charge in [0, 0.05) is 5.70 Å². The first kappa shape index (κ1) is 14.9. The molecule has 4 nitrogen and oxygen atoms in total. The molecule has 1 atom stereocenters. The van der Waals surface area contributed by atoms with E-state index in [1.807, 2.05) is 13.8 Å². The number of amidine groups is 1. The van der Waals surface area contributed by atoms with Gasteiger partial charge in [-0.25, -0.2) is 9.79 Å². The minimum absolute atomic E-state index is 0.188. The van der Waals surface area contributed by atoms with E-state index in [2.05, 4.69) is 46.5 Å². The van der Waals surface area contributed by atoms with Crippen molar-refractivity contribution in [3.05, 3.63) is 57.8 Å². The Morgan fingerprint density at radius 2 is 1.91 bits per heavy atom. The monoisotopic (exact) mass is 314 g/mol. The van der Waals surface area contributed by atoms with Crippen LogP contribution >= 0.6 is 11.8 Å². The zero-order valence-corrected chi connectivity index (χ0v) is 13.9. The van der Waals surface area contributed by atoms with Crippen LogP contribution in [0.4, 0.5) is 0 Å². The van der Waals surface area contributed by atoms with Crippen LogP contribution in [0.5, 0.6) is 0 Å². The third kappa shape index (κ3) is 2.35. The third-order valence-corrected chi connectivity index (χ3v) is 4.86. The molecular weight excluding hydrogens is 296 g/mol. The molecular formula is C17H18N2O2S. The number of rotatable bonds is 2. The van der Waals surface area contributed by atoms with Crippen molar-refractivity contribution in [3.8, 4) is 0 Å². The molecule has 2 aliphatic rings. The molecule has 5 heteroatoms. The van der Waals surface area contributed by atoms with Crippen molar-refractivity contribution in [3.63, 3.8) is 0 Å². The van der Waals surface area contributed by atoms with Crippen LogP contribution in [0.15, 0.2) is 51.6 Å². The molecule has 0 aromatic heterocycles. The molecule has 0 fully saturated rings. The standard InChI is InChI=1S/C17H18N2O2S/c1-10-5-7-13(8-6-10)15-14(16(20)21-4)12(3)18-17-19(15)11(2)9-22-17/h5-9,15H,1-4H3. The van der Waals surface area contributed by atoms with Gasteiger partial charge in [-0.3, -0.25) is 0 Å². The van der Waals surface area contributed by atoms with Gasteiger partial charge in [0.05, 0.1) is 24.4 Å². The molecule has 0 saturated heterocycles. The fourth-order valence-corrected chi connectivity index (χ4v) is 3.70. The number of carbonyl (C=O) groups is 1. The Kier molecular flexibility index (Phi) is 3.83. The van der Waals surface area contributed by atoms with E-state index < -0.39 is 0 Å². The number of benzene rings is 1. The van der Waals surface area contributed by atoms with E-state index in [4.69, 9.17) is 4.74 Å². The molecule has 1 aromatic rings. The van der Waals surface area contributed by atoms with Gasteiger partial charge in [-0.1, -0.05) is 41.6 Å². The number of aryl methyl sites for hydroxylation is 1. The second-order valence-corrected chi connectivity index (χ2v) is 6.28. The number of nitrogens with zero attached hydrogens (tertiary/aromatic N) is 2. The highest BCUT2D eigenvalue weighted by Gasteiger charge is 2.39. The predicted octanol–water partition coefficient (Wildman–Crippen LogP) is 3.76. The van der Waals surface area contributed by atoms with Crippen molar-refractivity contribution in [1.82, 2.24) is 4.90 Å². The first-order valence-corrected chi connectivity index (χ1v) is 7.98. The number of aliphatic imine (C=N–C) groups is 1. The number of ether oxygens (including phenoxy) is 1. The number of esters is 1. The van der Waals surface area contributed by atoms with Crippen LogP contribution < -0.4 is 0 Å². The lowest BCUT2D eigenvalue weighted by Crippen LogP contribution is -2.35. The Hall–Kier alpha value is -2.01. The van der Waals surface area contributed by atoms with E-state index in [-0.39, 0.29) is 12.0 Å². The Labute approximate surface area is 134 Å². The number of thioether (sulfide) groups is 1. The number of fused-ring (bicyclic) bond motifs is 1. The van der Waals surface area contributed by atoms with Crippen LogP contribution in [0.2, 0.25) is 0 Å². The molecule has 0 saturated carbocycles. The maximum Gasteiger partial charge on any atom is 0.338 e. The summed E-state index contributed by atoms with van der Waals surface area (Å²) in [6, 6.07) is 8.07. The molecule has 0 radical (unpaired) electrons. The molecule has 1 aromatic carbocycles. The van der Waals surface area contributed by atoms with Crippen molar-refractivity contribution >= 4 is 22.9 Å². The summed E-state index contributed by atoms with van der Waals surface area (Å²) in [5, 5.41) is 2.97. The quantitative estimate of drug-likeness (QED) is 0.779. The molecule has 0 N–H and O–H groups in total. The number of methoxy groups -OCH3 is 1. The van der Waals surface area contributed by atoms with Crippen LogP contribution in [0.3, 0.4) is 0 Å². The first-order chi connectivity index (χ1) is 10.5. The van der Waals surface area contributed by atoms with Gasteiger partial charge in [0.25, 0.3) is 0 Å². The number of allylic oxidation sites excluding steroid dienone is 2. The van der Waals surface area contributed by atoms with Crippen LogP contribution in [0.25, 0.3) is 0 Å². The Bertz CT molecular complexity index is 717. The maximum absolute atomic E-state index is 12.3. The van der Waals surface area contributed by atoms with E-state index in [0.717, 1.165) is 22.1 Å². The van der Waals surface area contributed by atoms with Crippen molar-refractivity contribution in [2.45, 2.75) is 26.8 Å². The molecule has 2 heterocycles. The summed E-state index contributed by atoms with van der Waals surface area (Å²) in [5.41, 5.74) is 4.66. The molecule has 0 amide bonds. The van der Waals surface area contributed by atoms with Gasteiger partial charge >= 0.3 is 5.97 Å². The zero-order valence-electron chi connectivity index (χ0n) is 13.1. The largest absolute Gasteiger partial charge is 0.466 e. The average Bonchev–Trinajstić information content (AvgIpc) is 2.87. The summed E-state index contributed by atoms with van der Waals surface area (Å²) < 4.78 is 5.00. The van der Waals surface area contributed by atoms with Crippen LogP contribution in [-0.2, 0) is 9.53 Å². The zero-order chi connectivity index (χ0) is 15.9. The van der Waals surface area contributed by atoms with Gasteiger partial charge in [0.2, 0.25) is 0 Å². The highest BCUT2D eigenvalue weighted by atomic mass is 32.2. The lowest BCUT2D eigenvalue weighted by atomic mass is 9.93. The van der Waals surface area contributed by atoms with Crippen molar-refractivity contribution in [1.29, 1.82) is 0 Å². The Balaban J connectivity index is 2.16. The van der Waals surface area contributed by atoms with Crippen molar-refractivity contribution in [2.75, 3.05) is 7.11 Å². The summed E-state index contributed by atoms with van der Waals surface area (Å²) in [6.45, 7) is 5.95. The minimum Gasteiger partial charge on any atom is -0.466 e. The van der Waals surface area contributed by atoms with Gasteiger partial charge in [-0.15, -0.1) is 0 Å². The molecule has 114 valence electrons. The number of hydrogen-bond donors (Lipinski definition) is 0. The average molecular weight is 314 g/mol. The van der Waals surface area contributed by atoms with Crippen molar-refractivity contribution in [2.24, 2.45) is 4.99 Å². The Morgan fingerprint density at radius 1 is 1.23 bits per heavy atom. The summed E-state index contributed by atoms with van der Waals surface area (Å²) in [7, 11) is 1.41. The molecule has 0 spiro atoms. The van der Waals surface area contributed by atoms with Crippen LogP contribution in [0.1, 0.15) is 31.0 Å². The second kappa shape index (κ2) is 5.65. The van der Waals surface area contributed by atoms with Gasteiger partial charge < -0.3 is 9.64 Å². The smallest absolute Gasteiger partial charge is 0.338 e. The summed E-state index contributed by atoms with van der Waals surface area (Å²) in [5.74, 6) is -0.324. The molecule has 0 aliphatic carbocycles. The van der Waals surface area contributed by atoms with E-state index in [1.165, 1.54) is 12.7 Å². The second-order valence-electron chi connectivity index (χ2n) is 5.45. The fraction of sp³-hybridized carbons (Fsp3) is 0.294. The topological polar surface area (TPSA) is 41.9 Å². The SMILES string of the molecule is COC(=O)C1=C(C)N=C2SC=C(C)N2C1c1ccc(C)cc1. The van der Waals surface area contributed by atoms with E-state index in [9.17, 15) is 4.79 Å². The lowest BCUT2D eigenvalue weighted by Gasteiger charge is -2.35. The highest BCUT2D eigenvalue weighted by molar-refractivity contribution is 8.16.